The van der Waals surface area contributed by atoms with Gasteiger partial charge in [-0.25, -0.2) is 0 Å². The summed E-state index contributed by atoms with van der Waals surface area (Å²) in [6.07, 6.45) is 0.218. The molecule has 63 heavy (non-hydrogen) atoms. The predicted octanol–water partition coefficient (Wildman–Crippen LogP) is 11.1. The highest BCUT2D eigenvalue weighted by Gasteiger charge is 2.26. The SMILES string of the molecule is CC(=O)C(N=Nc1cc(Cl)cc(C(=O)Nc2cccc(CCl)c2)c1)C(=O)Nc1ccc(NC(=O)C(N=Nc2cc(Cl)cc(C(=O)Nc3cccc(CCl)c3)c2)C(C)=O)c(CCCl)c1. The molecule has 0 aliphatic carbocycles. The molecule has 4 N–H and O–H groups in total. The fourth-order valence-corrected chi connectivity index (χ4v) is 6.79. The predicted molar refractivity (Wildman–Crippen MR) is 247 cm³/mol. The molecule has 324 valence electrons. The van der Waals surface area contributed by atoms with Crippen LogP contribution in [0.25, 0.3) is 0 Å². The van der Waals surface area contributed by atoms with Gasteiger partial charge >= 0.3 is 0 Å². The summed E-state index contributed by atoms with van der Waals surface area (Å²) in [6.45, 7) is 2.34. The Hall–Kier alpha value is -6.03. The van der Waals surface area contributed by atoms with E-state index in [1.165, 1.54) is 68.4 Å². The number of amides is 4. The van der Waals surface area contributed by atoms with E-state index in [-0.39, 0.29) is 68.0 Å². The maximum Gasteiger partial charge on any atom is 0.258 e. The van der Waals surface area contributed by atoms with Gasteiger partial charge in [0.1, 0.15) is 0 Å². The van der Waals surface area contributed by atoms with Gasteiger partial charge in [-0.3, -0.25) is 28.8 Å². The molecule has 0 saturated heterocycles. The van der Waals surface area contributed by atoms with Crippen LogP contribution < -0.4 is 21.3 Å². The van der Waals surface area contributed by atoms with Crippen LogP contribution in [0.4, 0.5) is 34.1 Å². The summed E-state index contributed by atoms with van der Waals surface area (Å²) >= 11 is 30.4. The number of nitrogens with one attached hydrogen (secondary N) is 4. The van der Waals surface area contributed by atoms with E-state index < -0.39 is 47.3 Å². The van der Waals surface area contributed by atoms with Crippen LogP contribution >= 0.6 is 58.0 Å². The van der Waals surface area contributed by atoms with E-state index in [1.54, 1.807) is 36.4 Å². The lowest BCUT2D eigenvalue weighted by molar-refractivity contribution is -0.127. The van der Waals surface area contributed by atoms with Gasteiger partial charge in [0.05, 0.1) is 11.4 Å². The molecule has 14 nitrogen and oxygen atoms in total. The third-order valence-electron chi connectivity index (χ3n) is 8.81. The zero-order valence-corrected chi connectivity index (χ0v) is 37.2. The number of hydrogen-bond acceptors (Lipinski definition) is 10. The molecule has 4 amide bonds. The number of nitrogens with zero attached hydrogens (tertiary/aromatic N) is 4. The number of halogens is 5. The molecule has 0 spiro atoms. The largest absolute Gasteiger partial charge is 0.324 e. The smallest absolute Gasteiger partial charge is 0.258 e. The van der Waals surface area contributed by atoms with Gasteiger partial charge in [-0.05, 0) is 116 Å². The lowest BCUT2D eigenvalue weighted by Gasteiger charge is -2.15. The van der Waals surface area contributed by atoms with Crippen molar-refractivity contribution in [2.24, 2.45) is 20.5 Å². The zero-order chi connectivity index (χ0) is 45.6. The van der Waals surface area contributed by atoms with E-state index in [2.05, 4.69) is 41.7 Å². The normalized spacial score (nSPS) is 12.1. The fourth-order valence-electron chi connectivity index (χ4n) is 5.80. The maximum absolute atomic E-state index is 13.4. The molecule has 0 aromatic heterocycles. The van der Waals surface area contributed by atoms with Crippen LogP contribution in [0, 0.1) is 0 Å². The number of ketones is 2. The fraction of sp³-hybridized carbons (Fsp3) is 0.182. The molecule has 0 fully saturated rings. The average molecular weight is 951 g/mol. The molecule has 0 saturated carbocycles. The number of hydrogen-bond donors (Lipinski definition) is 4. The van der Waals surface area contributed by atoms with Gasteiger partial charge in [0.15, 0.2) is 11.6 Å². The molecule has 0 radical (unpaired) electrons. The van der Waals surface area contributed by atoms with E-state index in [4.69, 9.17) is 58.0 Å². The molecular weight excluding hydrogens is 914 g/mol. The molecule has 0 heterocycles. The number of carbonyl (C=O) groups is 6. The first-order valence-corrected chi connectivity index (χ1v) is 21.2. The molecule has 0 aliphatic rings. The topological polar surface area (TPSA) is 200 Å². The minimum absolute atomic E-state index is 0.109. The minimum atomic E-state index is -1.59. The molecule has 5 rings (SSSR count). The van der Waals surface area contributed by atoms with Crippen molar-refractivity contribution in [2.45, 2.75) is 44.1 Å². The molecule has 5 aromatic rings. The molecule has 5 aromatic carbocycles. The summed E-state index contributed by atoms with van der Waals surface area (Å²) in [4.78, 5) is 78.1. The van der Waals surface area contributed by atoms with Crippen molar-refractivity contribution in [3.05, 3.63) is 141 Å². The Balaban J connectivity index is 1.27. The first-order chi connectivity index (χ1) is 30.1. The summed E-state index contributed by atoms with van der Waals surface area (Å²) < 4.78 is 0. The van der Waals surface area contributed by atoms with Crippen LogP contribution in [0.15, 0.2) is 124 Å². The number of carbonyl (C=O) groups excluding carboxylic acids is 6. The van der Waals surface area contributed by atoms with Crippen LogP contribution in [-0.4, -0.2) is 53.2 Å². The number of benzene rings is 5. The minimum Gasteiger partial charge on any atom is -0.324 e. The van der Waals surface area contributed by atoms with Gasteiger partial charge in [0, 0.05) is 61.6 Å². The van der Waals surface area contributed by atoms with Crippen LogP contribution in [0.2, 0.25) is 10.0 Å². The average Bonchev–Trinajstić information content (AvgIpc) is 3.24. The number of Topliss-reactive ketones (excluding diaryl/α,β-unsaturated/α-hetero) is 2. The van der Waals surface area contributed by atoms with Crippen molar-refractivity contribution in [1.29, 1.82) is 0 Å². The van der Waals surface area contributed by atoms with Crippen molar-refractivity contribution >= 4 is 127 Å². The third kappa shape index (κ3) is 14.0. The first kappa shape index (κ1) is 48.0. The highest BCUT2D eigenvalue weighted by Crippen LogP contribution is 2.27. The Morgan fingerprint density at radius 2 is 1.00 bits per heavy atom. The number of anilines is 4. The molecule has 19 heteroatoms. The van der Waals surface area contributed by atoms with Gasteiger partial charge in [-0.2, -0.15) is 20.5 Å². The summed E-state index contributed by atoms with van der Waals surface area (Å²) in [5.74, 6) is -3.25. The highest BCUT2D eigenvalue weighted by molar-refractivity contribution is 6.31. The van der Waals surface area contributed by atoms with Gasteiger partial charge in [0.25, 0.3) is 23.6 Å². The van der Waals surface area contributed by atoms with Crippen LogP contribution in [-0.2, 0) is 37.4 Å². The van der Waals surface area contributed by atoms with E-state index in [1.807, 2.05) is 12.1 Å². The van der Waals surface area contributed by atoms with Gasteiger partial charge in [-0.15, -0.1) is 34.8 Å². The highest BCUT2D eigenvalue weighted by atomic mass is 35.5. The Morgan fingerprint density at radius 3 is 1.44 bits per heavy atom. The lowest BCUT2D eigenvalue weighted by Crippen LogP contribution is -2.32. The molecule has 0 aliphatic heterocycles. The number of rotatable bonds is 18. The first-order valence-electron chi connectivity index (χ1n) is 18.8. The van der Waals surface area contributed by atoms with Crippen LogP contribution in [0.5, 0.6) is 0 Å². The van der Waals surface area contributed by atoms with Gasteiger partial charge < -0.3 is 21.3 Å². The van der Waals surface area contributed by atoms with Crippen LogP contribution in [0.1, 0.15) is 51.3 Å². The van der Waals surface area contributed by atoms with E-state index in [9.17, 15) is 28.8 Å². The van der Waals surface area contributed by atoms with Crippen molar-refractivity contribution in [3.63, 3.8) is 0 Å². The summed E-state index contributed by atoms with van der Waals surface area (Å²) in [5, 5.41) is 27.2. The van der Waals surface area contributed by atoms with Crippen molar-refractivity contribution in [1.82, 2.24) is 0 Å². The zero-order valence-electron chi connectivity index (χ0n) is 33.4. The summed E-state index contributed by atoms with van der Waals surface area (Å²) in [6, 6.07) is 23.7. The standard InChI is InChI=1S/C44H37Cl5N8O6/c1-24(58)39(56-54-36-18-29(15-31(48)20-36)41(60)50-33-7-3-5-26(13-33)22-46)43(62)52-35-9-10-38(28(17-35)11-12-45)53-44(63)40(25(2)59)57-55-37-19-30(16-32(49)21-37)42(61)51-34-8-4-6-27(14-34)23-47/h3-10,13-21,39-40H,11-12,22-23H2,1-2H3,(H,50,60)(H,51,61)(H,52,62)(H,53,63). The lowest BCUT2D eigenvalue weighted by atomic mass is 10.1. The molecule has 2 unspecified atom stereocenters. The quantitative estimate of drug-likeness (QED) is 0.0382. The molecule has 2 atom stereocenters. The van der Waals surface area contributed by atoms with E-state index in [0.717, 1.165) is 11.1 Å². The Morgan fingerprint density at radius 1 is 0.540 bits per heavy atom. The number of aryl methyl sites for hydroxylation is 1. The second-order valence-electron chi connectivity index (χ2n) is 13.7. The Bertz CT molecular complexity index is 2620. The Kier molecular flexibility index (Phi) is 17.4. The number of alkyl halides is 3. The monoisotopic (exact) mass is 948 g/mol. The second-order valence-corrected chi connectivity index (χ2v) is 15.5. The second kappa shape index (κ2) is 22.9. The van der Waals surface area contributed by atoms with Crippen molar-refractivity contribution in [3.8, 4) is 0 Å². The van der Waals surface area contributed by atoms with E-state index in [0.29, 0.717) is 16.9 Å². The van der Waals surface area contributed by atoms with Crippen molar-refractivity contribution < 1.29 is 28.8 Å². The molecule has 0 bridgehead atoms. The third-order valence-corrected chi connectivity index (χ3v) is 10.0. The van der Waals surface area contributed by atoms with Crippen molar-refractivity contribution in [2.75, 3.05) is 27.1 Å². The van der Waals surface area contributed by atoms with Gasteiger partial charge in [0.2, 0.25) is 12.1 Å². The maximum atomic E-state index is 13.4. The number of azo groups is 2. The summed E-state index contributed by atoms with van der Waals surface area (Å²) in [5.41, 5.74) is 4.12. The summed E-state index contributed by atoms with van der Waals surface area (Å²) in [7, 11) is 0. The molecular formula is C44H37Cl5N8O6. The van der Waals surface area contributed by atoms with E-state index >= 15 is 0 Å². The van der Waals surface area contributed by atoms with Crippen LogP contribution in [0.3, 0.4) is 0 Å². The Labute approximate surface area is 386 Å². The van der Waals surface area contributed by atoms with Gasteiger partial charge in [-0.1, -0.05) is 47.5 Å².